The van der Waals surface area contributed by atoms with Crippen molar-refractivity contribution in [2.24, 2.45) is 5.73 Å². The Hall–Kier alpha value is -2.45. The van der Waals surface area contributed by atoms with Gasteiger partial charge in [-0.25, -0.2) is 0 Å². The summed E-state index contributed by atoms with van der Waals surface area (Å²) in [5.74, 6) is 0. The maximum absolute atomic E-state index is 5.81. The summed E-state index contributed by atoms with van der Waals surface area (Å²) in [5.41, 5.74) is 11.3. The van der Waals surface area contributed by atoms with Crippen LogP contribution in [0.2, 0.25) is 0 Å². The SMILES string of the molecule is NCc1ncc(-c2ccccc2)cc1-c1ccccc1. The second-order valence-corrected chi connectivity index (χ2v) is 4.65. The Morgan fingerprint density at radius 1 is 0.750 bits per heavy atom. The van der Waals surface area contributed by atoms with Crippen LogP contribution in [0.25, 0.3) is 22.3 Å². The van der Waals surface area contributed by atoms with E-state index in [1.807, 2.05) is 42.6 Å². The van der Waals surface area contributed by atoms with E-state index in [-0.39, 0.29) is 0 Å². The average molecular weight is 260 g/mol. The summed E-state index contributed by atoms with van der Waals surface area (Å²) >= 11 is 0. The van der Waals surface area contributed by atoms with Gasteiger partial charge in [-0.15, -0.1) is 0 Å². The number of nitrogens with two attached hydrogens (primary N) is 1. The highest BCUT2D eigenvalue weighted by atomic mass is 14.7. The number of hydrogen-bond acceptors (Lipinski definition) is 2. The van der Waals surface area contributed by atoms with E-state index in [9.17, 15) is 0 Å². The maximum Gasteiger partial charge on any atom is 0.0618 e. The van der Waals surface area contributed by atoms with Crippen molar-refractivity contribution < 1.29 is 0 Å². The maximum atomic E-state index is 5.81. The molecule has 0 unspecified atom stereocenters. The summed E-state index contributed by atoms with van der Waals surface area (Å²) in [7, 11) is 0. The number of pyridine rings is 1. The van der Waals surface area contributed by atoms with Crippen LogP contribution in [0.1, 0.15) is 5.69 Å². The first kappa shape index (κ1) is 12.6. The summed E-state index contributed by atoms with van der Waals surface area (Å²) in [4.78, 5) is 4.52. The summed E-state index contributed by atoms with van der Waals surface area (Å²) in [6, 6.07) is 22.7. The van der Waals surface area contributed by atoms with E-state index in [4.69, 9.17) is 5.73 Å². The average Bonchev–Trinajstić information content (AvgIpc) is 2.56. The van der Waals surface area contributed by atoms with Crippen LogP contribution in [0.4, 0.5) is 0 Å². The second-order valence-electron chi connectivity index (χ2n) is 4.65. The van der Waals surface area contributed by atoms with E-state index in [1.54, 1.807) is 0 Å². The first-order valence-electron chi connectivity index (χ1n) is 6.68. The molecule has 0 aliphatic rings. The van der Waals surface area contributed by atoms with Crippen LogP contribution in [0.3, 0.4) is 0 Å². The van der Waals surface area contributed by atoms with Gasteiger partial charge in [-0.3, -0.25) is 4.98 Å². The van der Waals surface area contributed by atoms with Crippen molar-refractivity contribution >= 4 is 0 Å². The van der Waals surface area contributed by atoms with E-state index in [0.29, 0.717) is 6.54 Å². The van der Waals surface area contributed by atoms with Crippen molar-refractivity contribution in [2.75, 3.05) is 0 Å². The zero-order chi connectivity index (χ0) is 13.8. The standard InChI is InChI=1S/C18H16N2/c19-12-18-17(15-9-5-2-6-10-15)11-16(13-20-18)14-7-3-1-4-8-14/h1-11,13H,12,19H2. The molecule has 0 aliphatic heterocycles. The van der Waals surface area contributed by atoms with Crippen LogP contribution in [0.5, 0.6) is 0 Å². The number of aromatic nitrogens is 1. The molecule has 20 heavy (non-hydrogen) atoms. The fourth-order valence-corrected chi connectivity index (χ4v) is 2.31. The Kier molecular flexibility index (Phi) is 3.57. The normalized spacial score (nSPS) is 10.4. The van der Waals surface area contributed by atoms with E-state index >= 15 is 0 Å². The molecule has 3 rings (SSSR count). The molecular weight excluding hydrogens is 244 g/mol. The molecule has 0 radical (unpaired) electrons. The van der Waals surface area contributed by atoms with Crippen LogP contribution in [0, 0.1) is 0 Å². The van der Waals surface area contributed by atoms with Gasteiger partial charge in [0.15, 0.2) is 0 Å². The minimum Gasteiger partial charge on any atom is -0.325 e. The Balaban J connectivity index is 2.13. The monoisotopic (exact) mass is 260 g/mol. The molecule has 0 aliphatic carbocycles. The largest absolute Gasteiger partial charge is 0.325 e. The predicted molar refractivity (Wildman–Crippen MR) is 83.0 cm³/mol. The van der Waals surface area contributed by atoms with Crippen LogP contribution in [0.15, 0.2) is 72.9 Å². The smallest absolute Gasteiger partial charge is 0.0618 e. The van der Waals surface area contributed by atoms with E-state index in [1.165, 1.54) is 5.56 Å². The molecule has 2 aromatic carbocycles. The zero-order valence-corrected chi connectivity index (χ0v) is 11.2. The molecule has 2 nitrogen and oxygen atoms in total. The number of rotatable bonds is 3. The highest BCUT2D eigenvalue weighted by Gasteiger charge is 2.07. The van der Waals surface area contributed by atoms with Gasteiger partial charge in [-0.2, -0.15) is 0 Å². The molecule has 98 valence electrons. The highest BCUT2D eigenvalue weighted by Crippen LogP contribution is 2.27. The summed E-state index contributed by atoms with van der Waals surface area (Å²) in [5, 5.41) is 0. The van der Waals surface area contributed by atoms with Gasteiger partial charge >= 0.3 is 0 Å². The van der Waals surface area contributed by atoms with Gasteiger partial charge in [-0.1, -0.05) is 60.7 Å². The first-order valence-corrected chi connectivity index (χ1v) is 6.68. The molecule has 0 saturated heterocycles. The van der Waals surface area contributed by atoms with Crippen molar-refractivity contribution in [2.45, 2.75) is 6.54 Å². The predicted octanol–water partition coefficient (Wildman–Crippen LogP) is 3.87. The van der Waals surface area contributed by atoms with Crippen LogP contribution >= 0.6 is 0 Å². The second kappa shape index (κ2) is 5.68. The van der Waals surface area contributed by atoms with Crippen molar-refractivity contribution in [3.05, 3.63) is 78.6 Å². The van der Waals surface area contributed by atoms with Crippen molar-refractivity contribution in [3.63, 3.8) is 0 Å². The van der Waals surface area contributed by atoms with Crippen molar-refractivity contribution in [1.29, 1.82) is 0 Å². The lowest BCUT2D eigenvalue weighted by atomic mass is 9.99. The third kappa shape index (κ3) is 2.46. The van der Waals surface area contributed by atoms with Gasteiger partial charge in [0.05, 0.1) is 5.69 Å². The molecule has 0 saturated carbocycles. The van der Waals surface area contributed by atoms with Gasteiger partial charge in [0.25, 0.3) is 0 Å². The highest BCUT2D eigenvalue weighted by molar-refractivity contribution is 5.73. The van der Waals surface area contributed by atoms with Gasteiger partial charge in [0.1, 0.15) is 0 Å². The van der Waals surface area contributed by atoms with Gasteiger partial charge in [0.2, 0.25) is 0 Å². The number of nitrogens with zero attached hydrogens (tertiary/aromatic N) is 1. The molecule has 0 fully saturated rings. The molecule has 0 amide bonds. The molecule has 2 heteroatoms. The Bertz CT molecular complexity index is 691. The third-order valence-electron chi connectivity index (χ3n) is 3.36. The summed E-state index contributed by atoms with van der Waals surface area (Å²) in [6.07, 6.45) is 1.89. The quantitative estimate of drug-likeness (QED) is 0.776. The van der Waals surface area contributed by atoms with E-state index in [2.05, 4.69) is 35.3 Å². The van der Waals surface area contributed by atoms with Gasteiger partial charge in [-0.05, 0) is 17.2 Å². The van der Waals surface area contributed by atoms with E-state index < -0.39 is 0 Å². The summed E-state index contributed by atoms with van der Waals surface area (Å²) < 4.78 is 0. The molecule has 1 aromatic heterocycles. The first-order chi connectivity index (χ1) is 9.88. The molecule has 0 atom stereocenters. The third-order valence-corrected chi connectivity index (χ3v) is 3.36. The Labute approximate surface area is 118 Å². The molecule has 2 N–H and O–H groups in total. The molecule has 0 bridgehead atoms. The lowest BCUT2D eigenvalue weighted by Gasteiger charge is -2.10. The zero-order valence-electron chi connectivity index (χ0n) is 11.2. The molecular formula is C18H16N2. The topological polar surface area (TPSA) is 38.9 Å². The Morgan fingerprint density at radius 2 is 1.35 bits per heavy atom. The fourth-order valence-electron chi connectivity index (χ4n) is 2.31. The van der Waals surface area contributed by atoms with Crippen LogP contribution in [-0.4, -0.2) is 4.98 Å². The van der Waals surface area contributed by atoms with Crippen LogP contribution in [-0.2, 0) is 6.54 Å². The molecule has 3 aromatic rings. The van der Waals surface area contributed by atoms with Crippen molar-refractivity contribution in [3.8, 4) is 22.3 Å². The van der Waals surface area contributed by atoms with Crippen molar-refractivity contribution in [1.82, 2.24) is 4.98 Å². The molecule has 0 spiro atoms. The lowest BCUT2D eigenvalue weighted by molar-refractivity contribution is 0.995. The van der Waals surface area contributed by atoms with Gasteiger partial charge in [0, 0.05) is 23.9 Å². The fraction of sp³-hybridized carbons (Fsp3) is 0.0556. The minimum atomic E-state index is 0.444. The molecule has 1 heterocycles. The number of hydrogen-bond donors (Lipinski definition) is 1. The lowest BCUT2D eigenvalue weighted by Crippen LogP contribution is -2.02. The number of benzene rings is 2. The van der Waals surface area contributed by atoms with Gasteiger partial charge < -0.3 is 5.73 Å². The Morgan fingerprint density at radius 3 is 1.95 bits per heavy atom. The summed E-state index contributed by atoms with van der Waals surface area (Å²) in [6.45, 7) is 0.444. The van der Waals surface area contributed by atoms with E-state index in [0.717, 1.165) is 22.4 Å². The van der Waals surface area contributed by atoms with Crippen LogP contribution < -0.4 is 5.73 Å². The minimum absolute atomic E-state index is 0.444.